The molecule has 0 aliphatic carbocycles. The standard InChI is InChI=1S/C21H11ClF4N8O/c22-13-9-11(10-28-19(13)34-29-7-8-30-34)31-20(35)16-17(21(24,25)26)33(32-18(16)23)15-5-6-27-14-4-2-1-3-12(14)15/h1-10H,(H,31,35). The molecule has 5 aromatic rings. The van der Waals surface area contributed by atoms with Crippen molar-refractivity contribution in [3.05, 3.63) is 83.4 Å². The van der Waals surface area contributed by atoms with E-state index in [0.29, 0.717) is 10.2 Å². The molecule has 0 saturated carbocycles. The van der Waals surface area contributed by atoms with E-state index < -0.39 is 29.3 Å². The molecule has 0 fully saturated rings. The van der Waals surface area contributed by atoms with Gasteiger partial charge >= 0.3 is 6.18 Å². The minimum absolute atomic E-state index is 0.00512. The van der Waals surface area contributed by atoms with E-state index in [4.69, 9.17) is 11.6 Å². The van der Waals surface area contributed by atoms with Crippen LogP contribution in [-0.2, 0) is 6.18 Å². The molecule has 14 heteroatoms. The Labute approximate surface area is 198 Å². The van der Waals surface area contributed by atoms with Crippen molar-refractivity contribution in [1.82, 2.24) is 34.7 Å². The Balaban J connectivity index is 1.57. The summed E-state index contributed by atoms with van der Waals surface area (Å²) in [5.41, 5.74) is -2.67. The van der Waals surface area contributed by atoms with Gasteiger partial charge in [-0.25, -0.2) is 9.67 Å². The third-order valence-corrected chi connectivity index (χ3v) is 5.16. The van der Waals surface area contributed by atoms with Crippen LogP contribution < -0.4 is 5.32 Å². The summed E-state index contributed by atoms with van der Waals surface area (Å²) in [4.78, 5) is 22.0. The number of carbonyl (C=O) groups is 1. The molecule has 1 amide bonds. The van der Waals surface area contributed by atoms with E-state index in [9.17, 15) is 22.4 Å². The molecular formula is C21H11ClF4N8O. The maximum Gasteiger partial charge on any atom is 0.434 e. The average Bonchev–Trinajstić information content (AvgIpc) is 3.46. The molecule has 5 rings (SSSR count). The van der Waals surface area contributed by atoms with Crippen LogP contribution in [0.1, 0.15) is 16.1 Å². The topological polar surface area (TPSA) is 103 Å². The molecule has 0 spiro atoms. The van der Waals surface area contributed by atoms with Crippen molar-refractivity contribution in [2.24, 2.45) is 0 Å². The molecule has 4 aromatic heterocycles. The number of nitrogens with one attached hydrogen (secondary N) is 1. The SMILES string of the molecule is O=C(Nc1cnc(-n2nccn2)c(Cl)c1)c1c(F)nn(-c2ccnc3ccccc23)c1C(F)(F)F. The molecule has 0 aliphatic heterocycles. The lowest BCUT2D eigenvalue weighted by Gasteiger charge is -2.14. The van der Waals surface area contributed by atoms with Gasteiger partial charge in [-0.1, -0.05) is 29.8 Å². The van der Waals surface area contributed by atoms with Gasteiger partial charge in [-0.15, -0.1) is 9.90 Å². The van der Waals surface area contributed by atoms with Gasteiger partial charge in [0.2, 0.25) is 5.95 Å². The number of fused-ring (bicyclic) bond motifs is 1. The summed E-state index contributed by atoms with van der Waals surface area (Å²) in [6.45, 7) is 0. The van der Waals surface area contributed by atoms with Crippen LogP contribution in [0.15, 0.2) is 61.2 Å². The number of anilines is 1. The van der Waals surface area contributed by atoms with Crippen LogP contribution in [0.2, 0.25) is 5.02 Å². The molecule has 1 aromatic carbocycles. The van der Waals surface area contributed by atoms with E-state index in [2.05, 4.69) is 30.6 Å². The van der Waals surface area contributed by atoms with E-state index in [1.54, 1.807) is 18.2 Å². The molecule has 4 heterocycles. The van der Waals surface area contributed by atoms with Gasteiger partial charge in [-0.05, 0) is 18.2 Å². The number of aromatic nitrogens is 7. The number of hydrogen-bond acceptors (Lipinski definition) is 6. The van der Waals surface area contributed by atoms with E-state index in [-0.39, 0.29) is 27.6 Å². The van der Waals surface area contributed by atoms with Gasteiger partial charge in [0.25, 0.3) is 5.91 Å². The number of pyridine rings is 2. The average molecular weight is 503 g/mol. The van der Waals surface area contributed by atoms with E-state index in [0.717, 1.165) is 11.0 Å². The summed E-state index contributed by atoms with van der Waals surface area (Å²) >= 11 is 6.13. The Morgan fingerprint density at radius 1 is 1.03 bits per heavy atom. The first kappa shape index (κ1) is 22.4. The van der Waals surface area contributed by atoms with Crippen LogP contribution in [0.4, 0.5) is 23.2 Å². The molecule has 1 N–H and O–H groups in total. The summed E-state index contributed by atoms with van der Waals surface area (Å²) < 4.78 is 57.5. The van der Waals surface area contributed by atoms with E-state index >= 15 is 0 Å². The smallest absolute Gasteiger partial charge is 0.320 e. The number of carbonyl (C=O) groups excluding carboxylic acids is 1. The van der Waals surface area contributed by atoms with Crippen molar-refractivity contribution in [2.75, 3.05) is 5.32 Å². The lowest BCUT2D eigenvalue weighted by Crippen LogP contribution is -2.21. The maximum atomic E-state index is 14.8. The summed E-state index contributed by atoms with van der Waals surface area (Å²) in [7, 11) is 0. The maximum absolute atomic E-state index is 14.8. The highest BCUT2D eigenvalue weighted by atomic mass is 35.5. The van der Waals surface area contributed by atoms with E-state index in [1.165, 1.54) is 36.8 Å². The van der Waals surface area contributed by atoms with Gasteiger partial charge in [0.05, 0.1) is 40.5 Å². The van der Waals surface area contributed by atoms with Crippen molar-refractivity contribution in [1.29, 1.82) is 0 Å². The number of nitrogens with zero attached hydrogens (tertiary/aromatic N) is 7. The highest BCUT2D eigenvalue weighted by Crippen LogP contribution is 2.36. The Morgan fingerprint density at radius 2 is 1.77 bits per heavy atom. The normalized spacial score (nSPS) is 11.7. The second kappa shape index (κ2) is 8.43. The fraction of sp³-hybridized carbons (Fsp3) is 0.0476. The molecular weight excluding hydrogens is 492 g/mol. The summed E-state index contributed by atoms with van der Waals surface area (Å²) in [6, 6.07) is 8.81. The zero-order valence-corrected chi connectivity index (χ0v) is 18.0. The van der Waals surface area contributed by atoms with Gasteiger partial charge in [0.1, 0.15) is 5.56 Å². The van der Waals surface area contributed by atoms with Gasteiger partial charge in [0, 0.05) is 11.6 Å². The summed E-state index contributed by atoms with van der Waals surface area (Å²) in [5, 5.41) is 13.6. The summed E-state index contributed by atoms with van der Waals surface area (Å²) in [6.07, 6.45) is 0.0345. The number of benzene rings is 1. The highest BCUT2D eigenvalue weighted by Gasteiger charge is 2.43. The predicted octanol–water partition coefficient (Wildman–Crippen LogP) is 4.46. The van der Waals surface area contributed by atoms with Crippen molar-refractivity contribution in [3.63, 3.8) is 0 Å². The van der Waals surface area contributed by atoms with Gasteiger partial charge in [0.15, 0.2) is 11.5 Å². The molecule has 0 aliphatic rings. The van der Waals surface area contributed by atoms with Gasteiger partial charge in [-0.3, -0.25) is 9.78 Å². The molecule has 0 unspecified atom stereocenters. The number of rotatable bonds is 4. The van der Waals surface area contributed by atoms with Crippen LogP contribution in [0.5, 0.6) is 0 Å². The Bertz CT molecular complexity index is 1560. The lowest BCUT2D eigenvalue weighted by atomic mass is 10.1. The molecule has 176 valence electrons. The van der Waals surface area contributed by atoms with Crippen LogP contribution in [0.3, 0.4) is 0 Å². The van der Waals surface area contributed by atoms with Crippen LogP contribution in [0.25, 0.3) is 22.4 Å². The van der Waals surface area contributed by atoms with Crippen molar-refractivity contribution in [3.8, 4) is 11.5 Å². The lowest BCUT2D eigenvalue weighted by molar-refractivity contribution is -0.143. The van der Waals surface area contributed by atoms with Crippen molar-refractivity contribution in [2.45, 2.75) is 6.18 Å². The molecule has 35 heavy (non-hydrogen) atoms. The fourth-order valence-corrected chi connectivity index (χ4v) is 3.70. The zero-order chi connectivity index (χ0) is 24.7. The Morgan fingerprint density at radius 3 is 2.49 bits per heavy atom. The first-order valence-electron chi connectivity index (χ1n) is 9.77. The number of alkyl halides is 3. The van der Waals surface area contributed by atoms with Crippen molar-refractivity contribution >= 4 is 34.1 Å². The Kier molecular flexibility index (Phi) is 5.40. The van der Waals surface area contributed by atoms with Gasteiger partial charge < -0.3 is 5.32 Å². The number of halogens is 5. The minimum Gasteiger partial charge on any atom is -0.320 e. The van der Waals surface area contributed by atoms with E-state index in [1.807, 2.05) is 0 Å². The summed E-state index contributed by atoms with van der Waals surface area (Å²) in [5.74, 6) is -2.87. The Hall–Kier alpha value is -4.39. The second-order valence-corrected chi connectivity index (χ2v) is 7.48. The zero-order valence-electron chi connectivity index (χ0n) is 17.2. The van der Waals surface area contributed by atoms with Gasteiger partial charge in [-0.2, -0.15) is 27.8 Å². The third-order valence-electron chi connectivity index (χ3n) is 4.88. The van der Waals surface area contributed by atoms with Crippen molar-refractivity contribution < 1.29 is 22.4 Å². The quantitative estimate of drug-likeness (QED) is 0.364. The minimum atomic E-state index is -5.13. The predicted molar refractivity (Wildman–Crippen MR) is 116 cm³/mol. The number of hydrogen-bond donors (Lipinski definition) is 1. The molecule has 0 radical (unpaired) electrons. The third kappa shape index (κ3) is 4.05. The number of para-hydroxylation sites is 1. The first-order chi connectivity index (χ1) is 16.7. The van der Waals surface area contributed by atoms with Crippen LogP contribution in [-0.4, -0.2) is 40.6 Å². The highest BCUT2D eigenvalue weighted by molar-refractivity contribution is 6.32. The molecule has 0 bridgehead atoms. The second-order valence-electron chi connectivity index (χ2n) is 7.07. The molecule has 9 nitrogen and oxygen atoms in total. The molecule has 0 atom stereocenters. The van der Waals surface area contributed by atoms with Crippen LogP contribution >= 0.6 is 11.6 Å². The largest absolute Gasteiger partial charge is 0.434 e. The monoisotopic (exact) mass is 502 g/mol. The first-order valence-corrected chi connectivity index (χ1v) is 10.2. The molecule has 0 saturated heterocycles. The number of amides is 1. The fourth-order valence-electron chi connectivity index (χ4n) is 3.46. The van der Waals surface area contributed by atoms with Crippen LogP contribution in [0, 0.1) is 5.95 Å².